The van der Waals surface area contributed by atoms with Crippen LogP contribution in [0.3, 0.4) is 0 Å². The Labute approximate surface area is 121 Å². The molecule has 8 heteroatoms. The van der Waals surface area contributed by atoms with Crippen LogP contribution in [-0.2, 0) is 4.79 Å². The largest absolute Gasteiger partial charge is 0.493 e. The van der Waals surface area contributed by atoms with Crippen LogP contribution in [0.15, 0.2) is 12.1 Å². The minimum Gasteiger partial charge on any atom is -0.493 e. The summed E-state index contributed by atoms with van der Waals surface area (Å²) in [6, 6.07) is 2.23. The molecule has 1 aromatic carbocycles. The Morgan fingerprint density at radius 2 is 2.00 bits per heavy atom. The molecule has 1 aliphatic heterocycles. The number of nitrogens with one attached hydrogen (secondary N) is 1. The number of amides is 2. The fourth-order valence-electron chi connectivity index (χ4n) is 2.08. The topological polar surface area (TPSA) is 97.3 Å². The number of benzene rings is 1. The first kappa shape index (κ1) is 14.8. The van der Waals surface area contributed by atoms with Crippen molar-refractivity contribution in [2.75, 3.05) is 32.8 Å². The second-order valence-corrected chi connectivity index (χ2v) is 4.39. The van der Waals surface area contributed by atoms with Crippen molar-refractivity contribution in [1.82, 2.24) is 5.32 Å². The van der Waals surface area contributed by atoms with E-state index < -0.39 is 18.0 Å². The van der Waals surface area contributed by atoms with E-state index >= 15 is 0 Å². The first-order chi connectivity index (χ1) is 9.97. The number of hydrogen-bond donors (Lipinski definition) is 2. The van der Waals surface area contributed by atoms with Crippen molar-refractivity contribution < 1.29 is 28.9 Å². The third-order valence-corrected chi connectivity index (χ3v) is 3.16. The molecular weight excluding hydrogens is 280 g/mol. The molecule has 2 amide bonds. The Kier molecular flexibility index (Phi) is 4.06. The monoisotopic (exact) mass is 296 g/mol. The normalized spacial score (nSPS) is 17.4. The number of ether oxygens (including phenoxy) is 3. The van der Waals surface area contributed by atoms with Crippen LogP contribution in [0.25, 0.3) is 0 Å². The third-order valence-electron chi connectivity index (χ3n) is 3.16. The molecule has 0 spiro atoms. The summed E-state index contributed by atoms with van der Waals surface area (Å²) >= 11 is 0. The van der Waals surface area contributed by atoms with Gasteiger partial charge in [-0.25, -0.2) is 4.79 Å². The maximum absolute atomic E-state index is 12.2. The second-order valence-electron chi connectivity index (χ2n) is 4.39. The maximum atomic E-state index is 12.2. The van der Waals surface area contributed by atoms with Crippen molar-refractivity contribution >= 4 is 17.7 Å². The number of hydrogen-bond acceptors (Lipinski definition) is 5. The molecule has 1 aromatic rings. The average Bonchev–Trinajstić information content (AvgIpc) is 2.58. The van der Waals surface area contributed by atoms with Gasteiger partial charge in [0.2, 0.25) is 0 Å². The van der Waals surface area contributed by atoms with Gasteiger partial charge in [0.15, 0.2) is 11.5 Å². The fourth-order valence-corrected chi connectivity index (χ4v) is 2.08. The van der Waals surface area contributed by atoms with Crippen molar-refractivity contribution in [3.63, 3.8) is 0 Å². The molecule has 2 N–H and O–H groups in total. The SMILES string of the molecule is COc1cc2c(cc1OC)N(C)C(=O)[C@@H](NC(=O)O)CO2. The molecule has 1 heterocycles. The highest BCUT2D eigenvalue weighted by Gasteiger charge is 2.31. The molecule has 114 valence electrons. The molecule has 8 nitrogen and oxygen atoms in total. The minimum atomic E-state index is -1.29. The van der Waals surface area contributed by atoms with E-state index in [9.17, 15) is 9.59 Å². The van der Waals surface area contributed by atoms with Gasteiger partial charge in [0.25, 0.3) is 5.91 Å². The van der Waals surface area contributed by atoms with Gasteiger partial charge in [0, 0.05) is 19.2 Å². The maximum Gasteiger partial charge on any atom is 0.405 e. The summed E-state index contributed by atoms with van der Waals surface area (Å²) in [5, 5.41) is 10.9. The van der Waals surface area contributed by atoms with E-state index in [0.717, 1.165) is 0 Å². The lowest BCUT2D eigenvalue weighted by Crippen LogP contribution is -2.48. The molecule has 2 rings (SSSR count). The Morgan fingerprint density at radius 3 is 2.57 bits per heavy atom. The summed E-state index contributed by atoms with van der Waals surface area (Å²) in [6.07, 6.45) is -1.29. The first-order valence-corrected chi connectivity index (χ1v) is 6.13. The van der Waals surface area contributed by atoms with Gasteiger partial charge in [-0.3, -0.25) is 4.79 Å². The molecule has 1 aliphatic rings. The molecule has 0 aliphatic carbocycles. The van der Waals surface area contributed by atoms with E-state index in [1.165, 1.54) is 26.2 Å². The number of anilines is 1. The molecule has 0 saturated carbocycles. The van der Waals surface area contributed by atoms with E-state index in [4.69, 9.17) is 19.3 Å². The van der Waals surface area contributed by atoms with Gasteiger partial charge in [-0.2, -0.15) is 0 Å². The van der Waals surface area contributed by atoms with Crippen LogP contribution in [-0.4, -0.2) is 51.0 Å². The molecule has 0 aromatic heterocycles. The van der Waals surface area contributed by atoms with Crippen LogP contribution in [0, 0.1) is 0 Å². The van der Waals surface area contributed by atoms with Crippen molar-refractivity contribution in [1.29, 1.82) is 0 Å². The quantitative estimate of drug-likeness (QED) is 0.852. The van der Waals surface area contributed by atoms with E-state index in [0.29, 0.717) is 22.9 Å². The number of carboxylic acid groups (broad SMARTS) is 1. The van der Waals surface area contributed by atoms with E-state index in [1.54, 1.807) is 12.1 Å². The molecular formula is C13H16N2O6. The van der Waals surface area contributed by atoms with Gasteiger partial charge in [-0.05, 0) is 0 Å². The minimum absolute atomic E-state index is 0.0992. The predicted molar refractivity (Wildman–Crippen MR) is 73.4 cm³/mol. The van der Waals surface area contributed by atoms with Gasteiger partial charge in [-0.15, -0.1) is 0 Å². The van der Waals surface area contributed by atoms with Gasteiger partial charge >= 0.3 is 6.09 Å². The zero-order valence-electron chi connectivity index (χ0n) is 11.9. The Hall–Kier alpha value is -2.64. The van der Waals surface area contributed by atoms with Gasteiger partial charge in [-0.1, -0.05) is 0 Å². The lowest BCUT2D eigenvalue weighted by atomic mass is 10.2. The first-order valence-electron chi connectivity index (χ1n) is 6.13. The number of rotatable bonds is 3. The zero-order valence-corrected chi connectivity index (χ0v) is 11.9. The summed E-state index contributed by atoms with van der Waals surface area (Å²) < 4.78 is 15.9. The molecule has 21 heavy (non-hydrogen) atoms. The Balaban J connectivity index is 2.41. The van der Waals surface area contributed by atoms with Crippen LogP contribution < -0.4 is 24.4 Å². The van der Waals surface area contributed by atoms with E-state index in [1.807, 2.05) is 0 Å². The summed E-state index contributed by atoms with van der Waals surface area (Å²) in [5.74, 6) is 0.910. The number of likely N-dealkylation sites (N-methyl/N-ethyl adjacent to an activating group) is 1. The number of carbonyl (C=O) groups is 2. The van der Waals surface area contributed by atoms with Crippen LogP contribution in [0.1, 0.15) is 0 Å². The smallest absolute Gasteiger partial charge is 0.405 e. The van der Waals surface area contributed by atoms with Crippen molar-refractivity contribution in [3.8, 4) is 17.2 Å². The van der Waals surface area contributed by atoms with Crippen molar-refractivity contribution in [2.24, 2.45) is 0 Å². The van der Waals surface area contributed by atoms with E-state index in [2.05, 4.69) is 5.32 Å². The van der Waals surface area contributed by atoms with Crippen LogP contribution in [0.5, 0.6) is 17.2 Å². The van der Waals surface area contributed by atoms with Crippen molar-refractivity contribution in [2.45, 2.75) is 6.04 Å². The van der Waals surface area contributed by atoms with E-state index in [-0.39, 0.29) is 6.61 Å². The van der Waals surface area contributed by atoms with Gasteiger partial charge < -0.3 is 29.5 Å². The number of carbonyl (C=O) groups excluding carboxylic acids is 1. The molecule has 0 unspecified atom stereocenters. The average molecular weight is 296 g/mol. The lowest BCUT2D eigenvalue weighted by Gasteiger charge is -2.20. The molecule has 0 saturated heterocycles. The highest BCUT2D eigenvalue weighted by Crippen LogP contribution is 2.40. The standard InChI is InChI=1S/C13H16N2O6/c1-15-8-4-10(19-2)11(20-3)5-9(8)21-6-7(12(15)16)14-13(17)18/h4-5,7,14H,6H2,1-3H3,(H,17,18)/t7-/m0/s1. The highest BCUT2D eigenvalue weighted by atomic mass is 16.5. The number of nitrogens with zero attached hydrogens (tertiary/aromatic N) is 1. The third kappa shape index (κ3) is 2.78. The zero-order chi connectivity index (χ0) is 15.6. The predicted octanol–water partition coefficient (Wildman–Crippen LogP) is 0.695. The van der Waals surface area contributed by atoms with Crippen LogP contribution in [0.4, 0.5) is 10.5 Å². The van der Waals surface area contributed by atoms with Crippen LogP contribution in [0.2, 0.25) is 0 Å². The lowest BCUT2D eigenvalue weighted by molar-refractivity contribution is -0.120. The highest BCUT2D eigenvalue weighted by molar-refractivity contribution is 6.00. The number of methoxy groups -OCH3 is 2. The second kappa shape index (κ2) is 5.78. The molecule has 0 fully saturated rings. The summed E-state index contributed by atoms with van der Waals surface area (Å²) in [4.78, 5) is 24.3. The molecule has 1 atom stereocenters. The molecule has 0 radical (unpaired) electrons. The Bertz CT molecular complexity index is 574. The van der Waals surface area contributed by atoms with Gasteiger partial charge in [0.05, 0.1) is 19.9 Å². The fraction of sp³-hybridized carbons (Fsp3) is 0.385. The summed E-state index contributed by atoms with van der Waals surface area (Å²) in [6.45, 7) is -0.0992. The summed E-state index contributed by atoms with van der Waals surface area (Å²) in [7, 11) is 4.52. The number of fused-ring (bicyclic) bond motifs is 1. The Morgan fingerprint density at radius 1 is 1.38 bits per heavy atom. The van der Waals surface area contributed by atoms with Crippen molar-refractivity contribution in [3.05, 3.63) is 12.1 Å². The summed E-state index contributed by atoms with van der Waals surface area (Å²) in [5.41, 5.74) is 0.479. The van der Waals surface area contributed by atoms with Crippen LogP contribution >= 0.6 is 0 Å². The van der Waals surface area contributed by atoms with Gasteiger partial charge in [0.1, 0.15) is 18.4 Å². The molecule has 0 bridgehead atoms.